The third-order valence-corrected chi connectivity index (χ3v) is 3.15. The predicted molar refractivity (Wildman–Crippen MR) is 63.8 cm³/mol. The fourth-order valence-electron chi connectivity index (χ4n) is 1.81. The molecule has 0 bridgehead atoms. The largest absolute Gasteiger partial charge is 0.326 e. The van der Waals surface area contributed by atoms with Crippen molar-refractivity contribution in [2.24, 2.45) is 5.92 Å². The lowest BCUT2D eigenvalue weighted by atomic mass is 9.85. The minimum atomic E-state index is -0.440. The fourth-order valence-corrected chi connectivity index (χ4v) is 1.81. The summed E-state index contributed by atoms with van der Waals surface area (Å²) in [6.07, 6.45) is 2.99. The van der Waals surface area contributed by atoms with Crippen LogP contribution in [-0.2, 0) is 4.79 Å². The van der Waals surface area contributed by atoms with Crippen LogP contribution in [0.1, 0.15) is 24.8 Å². The second-order valence-electron chi connectivity index (χ2n) is 4.37. The molecule has 0 radical (unpaired) electrons. The first kappa shape index (κ1) is 11.6. The van der Waals surface area contributed by atoms with E-state index < -0.39 is 4.92 Å². The van der Waals surface area contributed by atoms with Gasteiger partial charge in [-0.25, -0.2) is 0 Å². The van der Waals surface area contributed by atoms with Gasteiger partial charge in [-0.15, -0.1) is 0 Å². The quantitative estimate of drug-likeness (QED) is 0.645. The number of nitro benzene ring substituents is 1. The highest BCUT2D eigenvalue weighted by molar-refractivity contribution is 5.93. The topological polar surface area (TPSA) is 72.2 Å². The molecule has 1 N–H and O–H groups in total. The Kier molecular flexibility index (Phi) is 3.08. The summed E-state index contributed by atoms with van der Waals surface area (Å²) in [5.41, 5.74) is 1.42. The lowest BCUT2D eigenvalue weighted by Crippen LogP contribution is -2.28. The van der Waals surface area contributed by atoms with Crippen LogP contribution in [0.5, 0.6) is 0 Å². The molecule has 1 aromatic carbocycles. The Bertz CT molecular complexity index is 467. The molecule has 1 aliphatic rings. The average molecular weight is 234 g/mol. The third-order valence-electron chi connectivity index (χ3n) is 3.15. The molecule has 5 heteroatoms. The lowest BCUT2D eigenvalue weighted by molar-refractivity contribution is -0.384. The van der Waals surface area contributed by atoms with E-state index in [-0.39, 0.29) is 17.5 Å². The van der Waals surface area contributed by atoms with E-state index in [0.29, 0.717) is 11.3 Å². The third kappa shape index (κ3) is 2.43. The van der Waals surface area contributed by atoms with Crippen LogP contribution in [0.25, 0.3) is 0 Å². The summed E-state index contributed by atoms with van der Waals surface area (Å²) in [4.78, 5) is 21.8. The second-order valence-corrected chi connectivity index (χ2v) is 4.37. The van der Waals surface area contributed by atoms with Crippen molar-refractivity contribution >= 4 is 17.3 Å². The molecule has 0 atom stereocenters. The molecule has 17 heavy (non-hydrogen) atoms. The Labute approximate surface area is 99.0 Å². The van der Waals surface area contributed by atoms with E-state index in [1.54, 1.807) is 13.0 Å². The SMILES string of the molecule is Cc1cc([N+](=O)[O-])ccc1NC(=O)C1CCC1. The van der Waals surface area contributed by atoms with Gasteiger partial charge in [0.15, 0.2) is 0 Å². The Balaban J connectivity index is 2.10. The smallest absolute Gasteiger partial charge is 0.269 e. The number of anilines is 1. The summed E-state index contributed by atoms with van der Waals surface area (Å²) >= 11 is 0. The van der Waals surface area contributed by atoms with E-state index in [1.807, 2.05) is 0 Å². The van der Waals surface area contributed by atoms with Gasteiger partial charge < -0.3 is 5.32 Å². The van der Waals surface area contributed by atoms with Crippen LogP contribution in [0.3, 0.4) is 0 Å². The number of aryl methyl sites for hydroxylation is 1. The van der Waals surface area contributed by atoms with Gasteiger partial charge in [-0.05, 0) is 31.4 Å². The van der Waals surface area contributed by atoms with Gasteiger partial charge in [-0.1, -0.05) is 6.42 Å². The number of amides is 1. The molecule has 0 unspecified atom stereocenters. The van der Waals surface area contributed by atoms with Gasteiger partial charge in [0.1, 0.15) is 0 Å². The number of benzene rings is 1. The number of nitro groups is 1. The molecule has 0 aromatic heterocycles. The van der Waals surface area contributed by atoms with E-state index in [4.69, 9.17) is 0 Å². The normalized spacial score (nSPS) is 15.1. The number of nitrogens with zero attached hydrogens (tertiary/aromatic N) is 1. The van der Waals surface area contributed by atoms with E-state index in [1.165, 1.54) is 12.1 Å². The van der Waals surface area contributed by atoms with Crippen LogP contribution in [-0.4, -0.2) is 10.8 Å². The van der Waals surface area contributed by atoms with Gasteiger partial charge >= 0.3 is 0 Å². The molecule has 0 saturated heterocycles. The van der Waals surface area contributed by atoms with Crippen LogP contribution in [0, 0.1) is 23.0 Å². The van der Waals surface area contributed by atoms with Crippen LogP contribution >= 0.6 is 0 Å². The first-order valence-electron chi connectivity index (χ1n) is 5.64. The van der Waals surface area contributed by atoms with Crippen molar-refractivity contribution in [2.75, 3.05) is 5.32 Å². The molecule has 1 aliphatic carbocycles. The number of non-ortho nitro benzene ring substituents is 1. The number of hydrogen-bond donors (Lipinski definition) is 1. The maximum atomic E-state index is 11.7. The molecule has 1 fully saturated rings. The summed E-state index contributed by atoms with van der Waals surface area (Å²) < 4.78 is 0. The van der Waals surface area contributed by atoms with Crippen LogP contribution < -0.4 is 5.32 Å². The molecule has 1 aromatic rings. The van der Waals surface area contributed by atoms with E-state index in [0.717, 1.165) is 19.3 Å². The standard InChI is InChI=1S/C12H14N2O3/c1-8-7-10(14(16)17)5-6-11(8)13-12(15)9-3-2-4-9/h5-7,9H,2-4H2,1H3,(H,13,15). The first-order valence-corrected chi connectivity index (χ1v) is 5.64. The van der Waals surface area contributed by atoms with Crippen molar-refractivity contribution in [1.29, 1.82) is 0 Å². The minimum absolute atomic E-state index is 0.0215. The van der Waals surface area contributed by atoms with Crippen LogP contribution in [0.4, 0.5) is 11.4 Å². The molecule has 2 rings (SSSR count). The molecular formula is C12H14N2O3. The maximum Gasteiger partial charge on any atom is 0.269 e. The monoisotopic (exact) mass is 234 g/mol. The zero-order chi connectivity index (χ0) is 12.4. The van der Waals surface area contributed by atoms with Crippen LogP contribution in [0.15, 0.2) is 18.2 Å². The fraction of sp³-hybridized carbons (Fsp3) is 0.417. The number of nitrogens with one attached hydrogen (secondary N) is 1. The highest BCUT2D eigenvalue weighted by Crippen LogP contribution is 2.28. The Morgan fingerprint density at radius 3 is 2.65 bits per heavy atom. The van der Waals surface area contributed by atoms with Crippen molar-refractivity contribution in [2.45, 2.75) is 26.2 Å². The van der Waals surface area contributed by atoms with Gasteiger partial charge in [0.2, 0.25) is 5.91 Å². The van der Waals surface area contributed by atoms with Gasteiger partial charge in [-0.3, -0.25) is 14.9 Å². The van der Waals surface area contributed by atoms with Crippen molar-refractivity contribution in [3.63, 3.8) is 0 Å². The number of rotatable bonds is 3. The summed E-state index contributed by atoms with van der Waals surface area (Å²) in [6.45, 7) is 1.75. The van der Waals surface area contributed by atoms with Gasteiger partial charge in [0, 0.05) is 23.7 Å². The zero-order valence-electron chi connectivity index (χ0n) is 9.60. The lowest BCUT2D eigenvalue weighted by Gasteiger charge is -2.24. The summed E-state index contributed by atoms with van der Waals surface area (Å²) in [5.74, 6) is 0.137. The molecule has 5 nitrogen and oxygen atoms in total. The Morgan fingerprint density at radius 1 is 1.47 bits per heavy atom. The van der Waals surface area contributed by atoms with Crippen LogP contribution in [0.2, 0.25) is 0 Å². The van der Waals surface area contributed by atoms with Gasteiger partial charge in [-0.2, -0.15) is 0 Å². The molecule has 0 spiro atoms. The highest BCUT2D eigenvalue weighted by atomic mass is 16.6. The molecule has 0 heterocycles. The number of hydrogen-bond acceptors (Lipinski definition) is 3. The van der Waals surface area contributed by atoms with E-state index >= 15 is 0 Å². The predicted octanol–water partition coefficient (Wildman–Crippen LogP) is 2.64. The Morgan fingerprint density at radius 2 is 2.18 bits per heavy atom. The molecule has 0 aliphatic heterocycles. The maximum absolute atomic E-state index is 11.7. The van der Waals surface area contributed by atoms with Crippen molar-refractivity contribution in [3.05, 3.63) is 33.9 Å². The average Bonchev–Trinajstić information content (AvgIpc) is 2.18. The van der Waals surface area contributed by atoms with Gasteiger partial charge in [0.25, 0.3) is 5.69 Å². The minimum Gasteiger partial charge on any atom is -0.326 e. The first-order chi connectivity index (χ1) is 8.08. The molecular weight excluding hydrogens is 220 g/mol. The van der Waals surface area contributed by atoms with Crippen molar-refractivity contribution in [1.82, 2.24) is 0 Å². The molecule has 1 saturated carbocycles. The summed E-state index contributed by atoms with van der Waals surface area (Å²) in [6, 6.07) is 4.46. The second kappa shape index (κ2) is 4.53. The number of carbonyl (C=O) groups is 1. The van der Waals surface area contributed by atoms with Gasteiger partial charge in [0.05, 0.1) is 4.92 Å². The Hall–Kier alpha value is -1.91. The van der Waals surface area contributed by atoms with Crippen molar-refractivity contribution in [3.8, 4) is 0 Å². The number of carbonyl (C=O) groups excluding carboxylic acids is 1. The van der Waals surface area contributed by atoms with E-state index in [2.05, 4.69) is 5.32 Å². The summed E-state index contributed by atoms with van der Waals surface area (Å²) in [7, 11) is 0. The molecule has 1 amide bonds. The zero-order valence-corrected chi connectivity index (χ0v) is 9.60. The molecule has 90 valence electrons. The van der Waals surface area contributed by atoms with Crippen molar-refractivity contribution < 1.29 is 9.72 Å². The highest BCUT2D eigenvalue weighted by Gasteiger charge is 2.25. The van der Waals surface area contributed by atoms with E-state index in [9.17, 15) is 14.9 Å². The summed E-state index contributed by atoms with van der Waals surface area (Å²) in [5, 5.41) is 13.4.